The number of rotatable bonds is 5. The van der Waals surface area contributed by atoms with Gasteiger partial charge in [0.15, 0.2) is 5.43 Å². The summed E-state index contributed by atoms with van der Waals surface area (Å²) in [4.78, 5) is 41.9. The number of ether oxygens (including phenoxy) is 1. The van der Waals surface area contributed by atoms with Crippen LogP contribution in [0, 0.1) is 0 Å². The van der Waals surface area contributed by atoms with E-state index >= 15 is 0 Å². The lowest BCUT2D eigenvalue weighted by molar-refractivity contribution is 0.0526. The van der Waals surface area contributed by atoms with Crippen LogP contribution in [0.25, 0.3) is 11.0 Å². The number of carbonyl (C=O) groups excluding carboxylic acids is 2. The molecule has 0 spiro atoms. The molecule has 5 rings (SSSR count). The molecule has 0 N–H and O–H groups in total. The van der Waals surface area contributed by atoms with Crippen LogP contribution in [0.15, 0.2) is 86.9 Å². The average molecular weight is 472 g/mol. The van der Waals surface area contributed by atoms with Crippen molar-refractivity contribution in [2.45, 2.75) is 17.9 Å². The number of para-hydroxylation sites is 1. The van der Waals surface area contributed by atoms with E-state index in [0.717, 1.165) is 10.5 Å². The molecule has 0 bridgehead atoms. The zero-order valence-corrected chi connectivity index (χ0v) is 19.4. The summed E-state index contributed by atoms with van der Waals surface area (Å²) in [5, 5.41) is 0.430. The molecular formula is C27H21NO5S. The van der Waals surface area contributed by atoms with Gasteiger partial charge in [-0.15, -0.1) is 11.8 Å². The highest BCUT2D eigenvalue weighted by molar-refractivity contribution is 7.98. The lowest BCUT2D eigenvalue weighted by Crippen LogP contribution is -2.29. The lowest BCUT2D eigenvalue weighted by Gasteiger charge is -2.25. The number of hydrogen-bond acceptors (Lipinski definition) is 6. The van der Waals surface area contributed by atoms with Gasteiger partial charge in [-0.05, 0) is 67.3 Å². The second kappa shape index (κ2) is 8.83. The van der Waals surface area contributed by atoms with Crippen LogP contribution < -0.4 is 10.3 Å². The van der Waals surface area contributed by atoms with E-state index in [-0.39, 0.29) is 17.8 Å². The molecule has 2 heterocycles. The molecule has 6 nitrogen and oxygen atoms in total. The Morgan fingerprint density at radius 3 is 2.38 bits per heavy atom. The van der Waals surface area contributed by atoms with E-state index in [2.05, 4.69) is 0 Å². The molecule has 1 aliphatic rings. The molecule has 34 heavy (non-hydrogen) atoms. The predicted molar refractivity (Wildman–Crippen MR) is 132 cm³/mol. The van der Waals surface area contributed by atoms with Crippen molar-refractivity contribution in [1.82, 2.24) is 0 Å². The summed E-state index contributed by atoms with van der Waals surface area (Å²) in [6.07, 6.45) is 1.99. The fraction of sp³-hybridized carbons (Fsp3) is 0.148. The molecule has 170 valence electrons. The Balaban J connectivity index is 1.68. The number of fused-ring (bicyclic) bond motifs is 2. The first-order valence-corrected chi connectivity index (χ1v) is 12.1. The number of esters is 1. The monoisotopic (exact) mass is 471 g/mol. The van der Waals surface area contributed by atoms with Gasteiger partial charge in [-0.2, -0.15) is 0 Å². The number of carbonyl (C=O) groups is 2. The zero-order valence-electron chi connectivity index (χ0n) is 18.6. The van der Waals surface area contributed by atoms with E-state index in [1.165, 1.54) is 0 Å². The second-order valence-corrected chi connectivity index (χ2v) is 8.67. The first-order chi connectivity index (χ1) is 16.5. The molecule has 0 fully saturated rings. The molecule has 1 unspecified atom stereocenters. The van der Waals surface area contributed by atoms with Crippen molar-refractivity contribution in [1.29, 1.82) is 0 Å². The number of thioether (sulfide) groups is 1. The fourth-order valence-electron chi connectivity index (χ4n) is 4.26. The Morgan fingerprint density at radius 1 is 1.00 bits per heavy atom. The maximum Gasteiger partial charge on any atom is 0.338 e. The summed E-state index contributed by atoms with van der Waals surface area (Å²) >= 11 is 1.61. The first kappa shape index (κ1) is 22.0. The number of anilines is 1. The summed E-state index contributed by atoms with van der Waals surface area (Å²) in [5.41, 5.74) is 2.19. The zero-order chi connectivity index (χ0) is 23.8. The van der Waals surface area contributed by atoms with Gasteiger partial charge in [0.2, 0.25) is 5.76 Å². The molecule has 7 heteroatoms. The van der Waals surface area contributed by atoms with Gasteiger partial charge >= 0.3 is 5.97 Å². The molecule has 4 aromatic rings. The summed E-state index contributed by atoms with van der Waals surface area (Å²) in [7, 11) is 0. The van der Waals surface area contributed by atoms with E-state index in [0.29, 0.717) is 27.8 Å². The first-order valence-electron chi connectivity index (χ1n) is 10.8. The third-order valence-electron chi connectivity index (χ3n) is 5.87. The molecule has 0 saturated carbocycles. The van der Waals surface area contributed by atoms with Gasteiger partial charge in [-0.1, -0.05) is 24.3 Å². The van der Waals surface area contributed by atoms with Crippen molar-refractivity contribution in [2.75, 3.05) is 17.8 Å². The topological polar surface area (TPSA) is 76.8 Å². The van der Waals surface area contributed by atoms with Crippen LogP contribution in [0.3, 0.4) is 0 Å². The Labute approximate surface area is 200 Å². The Bertz CT molecular complexity index is 1460. The van der Waals surface area contributed by atoms with Crippen LogP contribution in [-0.2, 0) is 4.74 Å². The van der Waals surface area contributed by atoms with Gasteiger partial charge in [-0.3, -0.25) is 14.5 Å². The molecule has 0 radical (unpaired) electrons. The third-order valence-corrected chi connectivity index (χ3v) is 6.61. The van der Waals surface area contributed by atoms with Gasteiger partial charge in [0, 0.05) is 10.6 Å². The normalized spacial score (nSPS) is 14.9. The van der Waals surface area contributed by atoms with Crippen molar-refractivity contribution >= 4 is 40.3 Å². The van der Waals surface area contributed by atoms with Gasteiger partial charge < -0.3 is 9.15 Å². The average Bonchev–Trinajstić information content (AvgIpc) is 3.17. The largest absolute Gasteiger partial charge is 0.462 e. The maximum atomic E-state index is 13.6. The molecule has 1 amide bonds. The maximum absolute atomic E-state index is 13.6. The Hall–Kier alpha value is -3.84. The van der Waals surface area contributed by atoms with Crippen LogP contribution >= 0.6 is 11.8 Å². The van der Waals surface area contributed by atoms with E-state index in [9.17, 15) is 14.4 Å². The van der Waals surface area contributed by atoms with Crippen molar-refractivity contribution < 1.29 is 18.7 Å². The SMILES string of the molecule is CCOC(=O)c1ccc(N2C(=O)c3oc4ccccc4c(=O)c3C2c2ccc(SC)cc2)cc1. The number of nitrogens with zero attached hydrogens (tertiary/aromatic N) is 1. The smallest absolute Gasteiger partial charge is 0.338 e. The van der Waals surface area contributed by atoms with E-state index in [1.54, 1.807) is 72.1 Å². The lowest BCUT2D eigenvalue weighted by atomic mass is 9.98. The summed E-state index contributed by atoms with van der Waals surface area (Å²) in [5.74, 6) is -0.796. The van der Waals surface area contributed by atoms with Crippen molar-refractivity contribution in [2.24, 2.45) is 0 Å². The van der Waals surface area contributed by atoms with Crippen molar-refractivity contribution in [3.8, 4) is 0 Å². The highest BCUT2D eigenvalue weighted by atomic mass is 32.2. The van der Waals surface area contributed by atoms with E-state index < -0.39 is 17.9 Å². The van der Waals surface area contributed by atoms with Crippen LogP contribution in [0.5, 0.6) is 0 Å². The van der Waals surface area contributed by atoms with Crippen molar-refractivity contribution in [3.05, 3.63) is 105 Å². The highest BCUT2D eigenvalue weighted by Crippen LogP contribution is 2.41. The van der Waals surface area contributed by atoms with Crippen molar-refractivity contribution in [3.63, 3.8) is 0 Å². The predicted octanol–water partition coefficient (Wildman–Crippen LogP) is 5.44. The van der Waals surface area contributed by atoms with Crippen LogP contribution in [-0.4, -0.2) is 24.7 Å². The number of amides is 1. The molecule has 3 aromatic carbocycles. The quantitative estimate of drug-likeness (QED) is 0.285. The summed E-state index contributed by atoms with van der Waals surface area (Å²) in [6.45, 7) is 2.02. The molecule has 0 saturated heterocycles. The summed E-state index contributed by atoms with van der Waals surface area (Å²) < 4.78 is 11.0. The second-order valence-electron chi connectivity index (χ2n) is 7.79. The molecule has 1 atom stereocenters. The standard InChI is InChI=1S/C27H21NO5S/c1-3-32-27(31)17-8-12-18(13-9-17)28-23(16-10-14-19(34-2)15-11-16)22-24(29)20-6-4-5-7-21(20)33-25(22)26(28)30/h4-15,23H,3H2,1-2H3. The van der Waals surface area contributed by atoms with E-state index in [4.69, 9.17) is 9.15 Å². The molecule has 1 aliphatic heterocycles. The molecular weight excluding hydrogens is 450 g/mol. The minimum Gasteiger partial charge on any atom is -0.462 e. The number of hydrogen-bond donors (Lipinski definition) is 0. The fourth-order valence-corrected chi connectivity index (χ4v) is 4.67. The number of benzene rings is 3. The summed E-state index contributed by atoms with van der Waals surface area (Å²) in [6, 6.07) is 20.6. The molecule has 1 aromatic heterocycles. The van der Waals surface area contributed by atoms with Crippen LogP contribution in [0.4, 0.5) is 5.69 Å². The van der Waals surface area contributed by atoms with Crippen LogP contribution in [0.1, 0.15) is 45.0 Å². The third kappa shape index (κ3) is 3.58. The molecule has 0 aliphatic carbocycles. The van der Waals surface area contributed by atoms with Crippen LogP contribution in [0.2, 0.25) is 0 Å². The van der Waals surface area contributed by atoms with E-state index in [1.807, 2.05) is 30.5 Å². The van der Waals surface area contributed by atoms with Gasteiger partial charge in [0.05, 0.1) is 29.2 Å². The minimum atomic E-state index is -0.660. The van der Waals surface area contributed by atoms with Gasteiger partial charge in [0.25, 0.3) is 5.91 Å². The van der Waals surface area contributed by atoms with Gasteiger partial charge in [-0.25, -0.2) is 4.79 Å². The Kier molecular flexibility index (Phi) is 5.71. The van der Waals surface area contributed by atoms with Gasteiger partial charge in [0.1, 0.15) is 5.58 Å². The Morgan fingerprint density at radius 2 is 1.71 bits per heavy atom. The highest BCUT2D eigenvalue weighted by Gasteiger charge is 2.43. The minimum absolute atomic E-state index is 0.0390.